The third kappa shape index (κ3) is 5.64. The molecule has 0 saturated heterocycles. The fourth-order valence-corrected chi connectivity index (χ4v) is 1.80. The SMILES string of the molecule is CC.Cc1cc(Cl)ccc1NS(C)(=O)=O. The van der Waals surface area contributed by atoms with Gasteiger partial charge in [0.15, 0.2) is 0 Å². The van der Waals surface area contributed by atoms with Crippen LogP contribution in [0, 0.1) is 6.92 Å². The predicted molar refractivity (Wildman–Crippen MR) is 66.0 cm³/mol. The zero-order valence-corrected chi connectivity index (χ0v) is 10.9. The molecule has 0 spiro atoms. The van der Waals surface area contributed by atoms with Gasteiger partial charge in [0.1, 0.15) is 0 Å². The van der Waals surface area contributed by atoms with Crippen LogP contribution in [-0.4, -0.2) is 14.7 Å². The van der Waals surface area contributed by atoms with E-state index in [2.05, 4.69) is 4.72 Å². The second-order valence-corrected chi connectivity index (χ2v) is 5.02. The Morgan fingerprint density at radius 1 is 1.27 bits per heavy atom. The molecule has 0 radical (unpaired) electrons. The van der Waals surface area contributed by atoms with Gasteiger partial charge in [-0.25, -0.2) is 8.42 Å². The molecule has 1 rings (SSSR count). The molecule has 0 bridgehead atoms. The molecular formula is C10H16ClNO2S. The molecule has 0 fully saturated rings. The maximum Gasteiger partial charge on any atom is 0.229 e. The van der Waals surface area contributed by atoms with E-state index in [9.17, 15) is 8.42 Å². The van der Waals surface area contributed by atoms with Gasteiger partial charge in [0.2, 0.25) is 10.0 Å². The summed E-state index contributed by atoms with van der Waals surface area (Å²) in [5, 5.41) is 0.594. The van der Waals surface area contributed by atoms with Crippen LogP contribution in [0.5, 0.6) is 0 Å². The van der Waals surface area contributed by atoms with Crippen molar-refractivity contribution in [1.29, 1.82) is 0 Å². The van der Waals surface area contributed by atoms with Crippen LogP contribution >= 0.6 is 11.6 Å². The number of anilines is 1. The third-order valence-electron chi connectivity index (χ3n) is 1.48. The summed E-state index contributed by atoms with van der Waals surface area (Å²) in [5.74, 6) is 0. The maximum absolute atomic E-state index is 10.9. The van der Waals surface area contributed by atoms with Crippen molar-refractivity contribution in [1.82, 2.24) is 0 Å². The van der Waals surface area contributed by atoms with Crippen molar-refractivity contribution < 1.29 is 8.42 Å². The van der Waals surface area contributed by atoms with Gasteiger partial charge < -0.3 is 0 Å². The van der Waals surface area contributed by atoms with Crippen LogP contribution in [0.1, 0.15) is 19.4 Å². The van der Waals surface area contributed by atoms with Crippen molar-refractivity contribution >= 4 is 27.3 Å². The topological polar surface area (TPSA) is 46.2 Å². The predicted octanol–water partition coefficient (Wildman–Crippen LogP) is 3.05. The number of sulfonamides is 1. The molecule has 1 aromatic carbocycles. The quantitative estimate of drug-likeness (QED) is 0.876. The number of hydrogen-bond donors (Lipinski definition) is 1. The number of hydrogen-bond acceptors (Lipinski definition) is 2. The van der Waals surface area contributed by atoms with Crippen LogP contribution in [0.15, 0.2) is 18.2 Å². The van der Waals surface area contributed by atoms with Gasteiger partial charge in [0, 0.05) is 5.02 Å². The molecule has 1 N–H and O–H groups in total. The van der Waals surface area contributed by atoms with Crippen LogP contribution in [0.3, 0.4) is 0 Å². The van der Waals surface area contributed by atoms with Gasteiger partial charge in [-0.05, 0) is 30.7 Å². The fourth-order valence-electron chi connectivity index (χ4n) is 0.941. The summed E-state index contributed by atoms with van der Waals surface area (Å²) in [4.78, 5) is 0. The Balaban J connectivity index is 0.000000921. The Morgan fingerprint density at radius 3 is 2.20 bits per heavy atom. The van der Waals surface area contributed by atoms with E-state index < -0.39 is 10.0 Å². The molecule has 0 atom stereocenters. The van der Waals surface area contributed by atoms with E-state index in [0.29, 0.717) is 10.7 Å². The van der Waals surface area contributed by atoms with Crippen LogP contribution < -0.4 is 4.72 Å². The van der Waals surface area contributed by atoms with Crippen LogP contribution in [0.25, 0.3) is 0 Å². The molecule has 86 valence electrons. The molecule has 1 aromatic rings. The Kier molecular flexibility index (Phi) is 5.68. The highest BCUT2D eigenvalue weighted by molar-refractivity contribution is 7.92. The first-order valence-corrected chi connectivity index (χ1v) is 6.89. The molecule has 5 heteroatoms. The van der Waals surface area contributed by atoms with Gasteiger partial charge in [-0.15, -0.1) is 0 Å². The second-order valence-electron chi connectivity index (χ2n) is 2.83. The van der Waals surface area contributed by atoms with Crippen LogP contribution in [0.2, 0.25) is 5.02 Å². The Hall–Kier alpha value is -0.740. The highest BCUT2D eigenvalue weighted by Gasteiger charge is 2.04. The van der Waals surface area contributed by atoms with E-state index in [1.165, 1.54) is 0 Å². The van der Waals surface area contributed by atoms with Gasteiger partial charge in [0.25, 0.3) is 0 Å². The first-order chi connectivity index (χ1) is 6.88. The standard InChI is InChI=1S/C8H10ClNO2S.C2H6/c1-6-5-7(9)3-4-8(6)10-13(2,11)12;1-2/h3-5,10H,1-2H3;1-2H3. The number of rotatable bonds is 2. The molecule has 0 heterocycles. The van der Waals surface area contributed by atoms with Gasteiger partial charge in [0.05, 0.1) is 11.9 Å². The summed E-state index contributed by atoms with van der Waals surface area (Å²) in [6.07, 6.45) is 1.11. The zero-order chi connectivity index (χ0) is 12.1. The highest BCUT2D eigenvalue weighted by atomic mass is 35.5. The van der Waals surface area contributed by atoms with Gasteiger partial charge >= 0.3 is 0 Å². The summed E-state index contributed by atoms with van der Waals surface area (Å²) in [7, 11) is -3.21. The maximum atomic E-state index is 10.9. The highest BCUT2D eigenvalue weighted by Crippen LogP contribution is 2.20. The minimum Gasteiger partial charge on any atom is -0.284 e. The van der Waals surface area contributed by atoms with E-state index in [1.54, 1.807) is 25.1 Å². The fraction of sp³-hybridized carbons (Fsp3) is 0.400. The van der Waals surface area contributed by atoms with Crippen molar-refractivity contribution in [2.75, 3.05) is 11.0 Å². The number of nitrogens with one attached hydrogen (secondary N) is 1. The van der Waals surface area contributed by atoms with Crippen molar-refractivity contribution in [3.63, 3.8) is 0 Å². The average Bonchev–Trinajstić information content (AvgIpc) is 2.12. The lowest BCUT2D eigenvalue weighted by molar-refractivity contribution is 0.607. The van der Waals surface area contributed by atoms with E-state index in [1.807, 2.05) is 13.8 Å². The lowest BCUT2D eigenvalue weighted by Gasteiger charge is -2.06. The van der Waals surface area contributed by atoms with Crippen molar-refractivity contribution in [2.24, 2.45) is 0 Å². The molecule has 0 saturated carbocycles. The van der Waals surface area contributed by atoms with Gasteiger partial charge in [-0.2, -0.15) is 0 Å². The van der Waals surface area contributed by atoms with Crippen molar-refractivity contribution in [2.45, 2.75) is 20.8 Å². The molecular weight excluding hydrogens is 234 g/mol. The monoisotopic (exact) mass is 249 g/mol. The lowest BCUT2D eigenvalue weighted by atomic mass is 10.2. The van der Waals surface area contributed by atoms with Crippen LogP contribution in [-0.2, 0) is 10.0 Å². The molecule has 0 amide bonds. The summed E-state index contributed by atoms with van der Waals surface area (Å²) in [5.41, 5.74) is 1.37. The Bertz CT molecular complexity index is 415. The number of aryl methyl sites for hydroxylation is 1. The Morgan fingerprint density at radius 2 is 1.80 bits per heavy atom. The van der Waals surface area contributed by atoms with E-state index in [0.717, 1.165) is 11.8 Å². The average molecular weight is 250 g/mol. The second kappa shape index (κ2) is 5.98. The summed E-state index contributed by atoms with van der Waals surface area (Å²) >= 11 is 5.71. The van der Waals surface area contributed by atoms with E-state index in [-0.39, 0.29) is 0 Å². The molecule has 0 aliphatic heterocycles. The molecule has 0 unspecified atom stereocenters. The normalized spacial score (nSPS) is 10.2. The summed E-state index contributed by atoms with van der Waals surface area (Å²) in [6.45, 7) is 5.79. The van der Waals surface area contributed by atoms with Crippen LogP contribution in [0.4, 0.5) is 5.69 Å². The minimum absolute atomic E-state index is 0.562. The van der Waals surface area contributed by atoms with Gasteiger partial charge in [-0.3, -0.25) is 4.72 Å². The first-order valence-electron chi connectivity index (χ1n) is 4.62. The molecule has 0 aliphatic rings. The largest absolute Gasteiger partial charge is 0.284 e. The van der Waals surface area contributed by atoms with E-state index >= 15 is 0 Å². The van der Waals surface area contributed by atoms with Crippen molar-refractivity contribution in [3.8, 4) is 0 Å². The smallest absolute Gasteiger partial charge is 0.229 e. The number of benzene rings is 1. The van der Waals surface area contributed by atoms with E-state index in [4.69, 9.17) is 11.6 Å². The van der Waals surface area contributed by atoms with Gasteiger partial charge in [-0.1, -0.05) is 25.4 Å². The van der Waals surface area contributed by atoms with Crippen molar-refractivity contribution in [3.05, 3.63) is 28.8 Å². The zero-order valence-electron chi connectivity index (χ0n) is 9.33. The minimum atomic E-state index is -3.21. The third-order valence-corrected chi connectivity index (χ3v) is 2.31. The molecule has 15 heavy (non-hydrogen) atoms. The summed E-state index contributed by atoms with van der Waals surface area (Å²) in [6, 6.07) is 4.98. The lowest BCUT2D eigenvalue weighted by Crippen LogP contribution is -2.10. The first kappa shape index (κ1) is 14.3. The number of halogens is 1. The Labute approximate surface area is 96.5 Å². The summed E-state index contributed by atoms with van der Waals surface area (Å²) < 4.78 is 24.2. The molecule has 0 aromatic heterocycles. The molecule has 3 nitrogen and oxygen atoms in total. The molecule has 0 aliphatic carbocycles.